The zero-order chi connectivity index (χ0) is 16.8. The second-order valence-corrected chi connectivity index (χ2v) is 5.07. The summed E-state index contributed by atoms with van der Waals surface area (Å²) in [6.07, 6.45) is 2.22. The van der Waals surface area contributed by atoms with Crippen molar-refractivity contribution < 1.29 is 23.4 Å². The molecule has 0 saturated heterocycles. The number of carbonyl (C=O) groups excluding carboxylic acids is 1. The third-order valence-electron chi connectivity index (χ3n) is 3.42. The number of carbonyl (C=O) groups is 1. The fourth-order valence-electron chi connectivity index (χ4n) is 2.29. The lowest BCUT2D eigenvalue weighted by atomic mass is 10.1. The first-order valence-electron chi connectivity index (χ1n) is 7.22. The summed E-state index contributed by atoms with van der Waals surface area (Å²) in [6, 6.07) is 6.84. The van der Waals surface area contributed by atoms with Gasteiger partial charge in [0.05, 0.1) is 33.2 Å². The standard InChI is InChI=1S/C17H21NO5/c1-11(8-12-6-5-7-23-12)18-17(19)13-9-15(21-3)16(22-4)10-14(13)20-2/h5-7,9-11H,8H2,1-4H3,(H,18,19)/t11-/m1/s1. The van der Waals surface area contributed by atoms with Gasteiger partial charge in [0, 0.05) is 24.6 Å². The molecule has 1 aromatic heterocycles. The van der Waals surface area contributed by atoms with Gasteiger partial charge in [-0.15, -0.1) is 0 Å². The Morgan fingerprint density at radius 3 is 2.35 bits per heavy atom. The Bertz CT molecular complexity index is 651. The molecule has 0 aliphatic rings. The number of ether oxygens (including phenoxy) is 3. The van der Waals surface area contributed by atoms with E-state index < -0.39 is 0 Å². The molecule has 2 aromatic rings. The number of benzene rings is 1. The molecule has 2 rings (SSSR count). The lowest BCUT2D eigenvalue weighted by Gasteiger charge is -2.16. The van der Waals surface area contributed by atoms with E-state index >= 15 is 0 Å². The van der Waals surface area contributed by atoms with Crippen LogP contribution in [0.5, 0.6) is 17.2 Å². The summed E-state index contributed by atoms with van der Waals surface area (Å²) in [4.78, 5) is 12.5. The van der Waals surface area contributed by atoms with Gasteiger partial charge in [-0.3, -0.25) is 4.79 Å². The van der Waals surface area contributed by atoms with Gasteiger partial charge in [-0.2, -0.15) is 0 Å². The Morgan fingerprint density at radius 1 is 1.13 bits per heavy atom. The maximum atomic E-state index is 12.5. The molecule has 6 nitrogen and oxygen atoms in total. The molecular formula is C17H21NO5. The summed E-state index contributed by atoms with van der Waals surface area (Å²) < 4.78 is 21.0. The Balaban J connectivity index is 2.17. The monoisotopic (exact) mass is 319 g/mol. The highest BCUT2D eigenvalue weighted by Crippen LogP contribution is 2.34. The smallest absolute Gasteiger partial charge is 0.255 e. The average Bonchev–Trinajstić information content (AvgIpc) is 3.05. The molecule has 6 heteroatoms. The minimum Gasteiger partial charge on any atom is -0.496 e. The maximum absolute atomic E-state index is 12.5. The van der Waals surface area contributed by atoms with Gasteiger partial charge in [-0.25, -0.2) is 0 Å². The van der Waals surface area contributed by atoms with Crippen molar-refractivity contribution in [1.82, 2.24) is 5.32 Å². The molecule has 1 N–H and O–H groups in total. The van der Waals surface area contributed by atoms with E-state index in [-0.39, 0.29) is 11.9 Å². The molecule has 0 bridgehead atoms. The van der Waals surface area contributed by atoms with Crippen LogP contribution in [0.15, 0.2) is 34.9 Å². The Morgan fingerprint density at radius 2 is 1.78 bits per heavy atom. The highest BCUT2D eigenvalue weighted by atomic mass is 16.5. The molecule has 124 valence electrons. The number of furan rings is 1. The van der Waals surface area contributed by atoms with Gasteiger partial charge in [0.2, 0.25) is 0 Å². The molecule has 0 fully saturated rings. The zero-order valence-electron chi connectivity index (χ0n) is 13.7. The van der Waals surface area contributed by atoms with Gasteiger partial charge < -0.3 is 23.9 Å². The van der Waals surface area contributed by atoms with Crippen LogP contribution < -0.4 is 19.5 Å². The van der Waals surface area contributed by atoms with Crippen LogP contribution in [0.4, 0.5) is 0 Å². The van der Waals surface area contributed by atoms with Gasteiger partial charge in [0.15, 0.2) is 11.5 Å². The first-order chi connectivity index (χ1) is 11.1. The minimum atomic E-state index is -0.248. The first-order valence-corrected chi connectivity index (χ1v) is 7.22. The third kappa shape index (κ3) is 3.97. The fraction of sp³-hybridized carbons (Fsp3) is 0.353. The van der Waals surface area contributed by atoms with Crippen molar-refractivity contribution in [3.05, 3.63) is 41.9 Å². The van der Waals surface area contributed by atoms with Crippen LogP contribution in [0, 0.1) is 0 Å². The highest BCUT2D eigenvalue weighted by molar-refractivity contribution is 5.98. The summed E-state index contributed by atoms with van der Waals surface area (Å²) in [7, 11) is 4.55. The minimum absolute atomic E-state index is 0.0912. The quantitative estimate of drug-likeness (QED) is 0.849. The number of hydrogen-bond donors (Lipinski definition) is 1. The highest BCUT2D eigenvalue weighted by Gasteiger charge is 2.19. The SMILES string of the molecule is COc1cc(OC)c(C(=O)N[C@H](C)Cc2ccco2)cc1OC. The average molecular weight is 319 g/mol. The fourth-order valence-corrected chi connectivity index (χ4v) is 2.29. The van der Waals surface area contributed by atoms with Crippen molar-refractivity contribution in [3.8, 4) is 17.2 Å². The van der Waals surface area contributed by atoms with E-state index in [1.807, 2.05) is 19.1 Å². The molecule has 0 unspecified atom stereocenters. The van der Waals surface area contributed by atoms with Crippen molar-refractivity contribution in [2.45, 2.75) is 19.4 Å². The Kier molecular flexibility index (Phi) is 5.51. The zero-order valence-corrected chi connectivity index (χ0v) is 13.7. The molecule has 23 heavy (non-hydrogen) atoms. The Labute approximate surface area is 135 Å². The van der Waals surface area contributed by atoms with E-state index in [1.165, 1.54) is 21.3 Å². The van der Waals surface area contributed by atoms with Crippen molar-refractivity contribution in [3.63, 3.8) is 0 Å². The summed E-state index contributed by atoms with van der Waals surface area (Å²) in [6.45, 7) is 1.91. The molecule has 1 atom stereocenters. The summed E-state index contributed by atoms with van der Waals surface area (Å²) in [5.74, 6) is 1.96. The van der Waals surface area contributed by atoms with Crippen LogP contribution in [0.3, 0.4) is 0 Å². The molecule has 0 aliphatic carbocycles. The molecule has 0 spiro atoms. The molecule has 1 aromatic carbocycles. The van der Waals surface area contributed by atoms with Crippen LogP contribution in [0.1, 0.15) is 23.0 Å². The van der Waals surface area contributed by atoms with Crippen LogP contribution in [0.2, 0.25) is 0 Å². The molecule has 1 amide bonds. The maximum Gasteiger partial charge on any atom is 0.255 e. The van der Waals surface area contributed by atoms with Crippen LogP contribution in [0.25, 0.3) is 0 Å². The van der Waals surface area contributed by atoms with Crippen molar-refractivity contribution in [2.24, 2.45) is 0 Å². The molecule has 0 aliphatic heterocycles. The Hall–Kier alpha value is -2.63. The van der Waals surface area contributed by atoms with Crippen LogP contribution in [-0.4, -0.2) is 33.3 Å². The van der Waals surface area contributed by atoms with E-state index in [9.17, 15) is 4.79 Å². The van der Waals surface area contributed by atoms with Gasteiger partial charge in [0.1, 0.15) is 11.5 Å². The van der Waals surface area contributed by atoms with Crippen molar-refractivity contribution in [1.29, 1.82) is 0 Å². The molecule has 1 heterocycles. The normalized spacial score (nSPS) is 11.7. The lowest BCUT2D eigenvalue weighted by Crippen LogP contribution is -2.34. The van der Waals surface area contributed by atoms with Gasteiger partial charge in [-0.1, -0.05) is 0 Å². The summed E-state index contributed by atoms with van der Waals surface area (Å²) in [5, 5.41) is 2.92. The second kappa shape index (κ2) is 7.58. The van der Waals surface area contributed by atoms with Crippen LogP contribution >= 0.6 is 0 Å². The first kappa shape index (κ1) is 16.7. The topological polar surface area (TPSA) is 69.9 Å². The molecule has 0 saturated carbocycles. The largest absolute Gasteiger partial charge is 0.496 e. The van der Waals surface area contributed by atoms with Crippen molar-refractivity contribution in [2.75, 3.05) is 21.3 Å². The predicted octanol–water partition coefficient (Wildman–Crippen LogP) is 2.67. The van der Waals surface area contributed by atoms with Crippen molar-refractivity contribution >= 4 is 5.91 Å². The number of rotatable bonds is 7. The third-order valence-corrected chi connectivity index (χ3v) is 3.42. The number of nitrogens with one attached hydrogen (secondary N) is 1. The summed E-state index contributed by atoms with van der Waals surface area (Å²) >= 11 is 0. The van der Waals surface area contributed by atoms with E-state index in [2.05, 4.69) is 5.32 Å². The van der Waals surface area contributed by atoms with E-state index in [0.717, 1.165) is 5.76 Å². The molecular weight excluding hydrogens is 298 g/mol. The van der Waals surface area contributed by atoms with E-state index in [1.54, 1.807) is 18.4 Å². The second-order valence-electron chi connectivity index (χ2n) is 5.07. The number of hydrogen-bond acceptors (Lipinski definition) is 5. The van der Waals surface area contributed by atoms with Gasteiger partial charge in [0.25, 0.3) is 5.91 Å². The number of amides is 1. The summed E-state index contributed by atoms with van der Waals surface area (Å²) in [5.41, 5.74) is 0.386. The van der Waals surface area contributed by atoms with E-state index in [4.69, 9.17) is 18.6 Å². The number of methoxy groups -OCH3 is 3. The lowest BCUT2D eigenvalue weighted by molar-refractivity contribution is 0.0935. The van der Waals surface area contributed by atoms with E-state index in [0.29, 0.717) is 29.2 Å². The predicted molar refractivity (Wildman–Crippen MR) is 85.4 cm³/mol. The van der Waals surface area contributed by atoms with Gasteiger partial charge in [-0.05, 0) is 19.1 Å². The van der Waals surface area contributed by atoms with Crippen LogP contribution in [-0.2, 0) is 6.42 Å². The van der Waals surface area contributed by atoms with Gasteiger partial charge >= 0.3 is 0 Å². The molecule has 0 radical (unpaired) electrons.